The van der Waals surface area contributed by atoms with Crippen molar-refractivity contribution in [3.05, 3.63) is 60.4 Å². The summed E-state index contributed by atoms with van der Waals surface area (Å²) in [7, 11) is 0. The van der Waals surface area contributed by atoms with E-state index in [4.69, 9.17) is 0 Å². The Bertz CT molecular complexity index is 863. The van der Waals surface area contributed by atoms with E-state index in [2.05, 4.69) is 50.5 Å². The molecule has 0 saturated carbocycles. The molecule has 0 bridgehead atoms. The molecule has 1 aromatic heterocycles. The van der Waals surface area contributed by atoms with Crippen molar-refractivity contribution in [2.45, 2.75) is 31.8 Å². The fraction of sp³-hybridized carbons (Fsp3) is 0.300. The van der Waals surface area contributed by atoms with Gasteiger partial charge in [0.2, 0.25) is 5.91 Å². The minimum absolute atomic E-state index is 0.0367. The highest BCUT2D eigenvalue weighted by Crippen LogP contribution is 2.18. The summed E-state index contributed by atoms with van der Waals surface area (Å²) in [6.07, 6.45) is 5.06. The van der Waals surface area contributed by atoms with Gasteiger partial charge in [0, 0.05) is 12.2 Å². The molecule has 1 unspecified atom stereocenters. The molecule has 2 heterocycles. The molecule has 1 saturated heterocycles. The van der Waals surface area contributed by atoms with Crippen LogP contribution >= 0.6 is 0 Å². The van der Waals surface area contributed by atoms with Crippen molar-refractivity contribution in [2.24, 2.45) is 0 Å². The highest BCUT2D eigenvalue weighted by Gasteiger charge is 2.19. The first-order chi connectivity index (χ1) is 12.3. The lowest BCUT2D eigenvalue weighted by Gasteiger charge is -2.22. The van der Waals surface area contributed by atoms with E-state index in [-0.39, 0.29) is 11.9 Å². The normalized spacial score (nSPS) is 17.5. The number of carbonyl (C=O) groups excluding carboxylic acids is 1. The second-order valence-corrected chi connectivity index (χ2v) is 6.49. The Hall–Kier alpha value is -2.66. The van der Waals surface area contributed by atoms with Crippen LogP contribution in [0.15, 0.2) is 54.9 Å². The molecule has 3 aromatic rings. The van der Waals surface area contributed by atoms with Crippen LogP contribution in [0, 0.1) is 0 Å². The van der Waals surface area contributed by atoms with E-state index in [0.29, 0.717) is 6.54 Å². The van der Waals surface area contributed by atoms with Crippen LogP contribution in [0.5, 0.6) is 0 Å². The summed E-state index contributed by atoms with van der Waals surface area (Å²) < 4.78 is 2.07. The number of nitrogens with one attached hydrogen (secondary N) is 2. The Labute approximate surface area is 147 Å². The molecular formula is C20H22N4O. The lowest BCUT2D eigenvalue weighted by Crippen LogP contribution is -2.46. The number of amides is 1. The van der Waals surface area contributed by atoms with Crippen LogP contribution in [0.1, 0.15) is 24.8 Å². The van der Waals surface area contributed by atoms with Crippen molar-refractivity contribution in [3.63, 3.8) is 0 Å². The summed E-state index contributed by atoms with van der Waals surface area (Å²) in [5.74, 6) is 0.101. The van der Waals surface area contributed by atoms with Gasteiger partial charge in [-0.2, -0.15) is 0 Å². The zero-order chi connectivity index (χ0) is 17.1. The van der Waals surface area contributed by atoms with Crippen LogP contribution in [0.2, 0.25) is 0 Å². The summed E-state index contributed by atoms with van der Waals surface area (Å²) in [4.78, 5) is 16.6. The molecule has 1 amide bonds. The number of benzene rings is 2. The predicted molar refractivity (Wildman–Crippen MR) is 98.6 cm³/mol. The van der Waals surface area contributed by atoms with Gasteiger partial charge in [0.15, 0.2) is 0 Å². The van der Waals surface area contributed by atoms with Crippen molar-refractivity contribution >= 4 is 16.9 Å². The Balaban J connectivity index is 1.42. The van der Waals surface area contributed by atoms with Gasteiger partial charge < -0.3 is 10.6 Å². The van der Waals surface area contributed by atoms with Crippen LogP contribution in [0.3, 0.4) is 0 Å². The number of rotatable bonds is 4. The largest absolute Gasteiger partial charge is 0.351 e. The third-order valence-corrected chi connectivity index (χ3v) is 4.76. The van der Waals surface area contributed by atoms with Crippen LogP contribution < -0.4 is 10.6 Å². The number of hydrogen-bond donors (Lipinski definition) is 2. The molecule has 2 aromatic carbocycles. The van der Waals surface area contributed by atoms with Crippen molar-refractivity contribution in [1.82, 2.24) is 20.2 Å². The topological polar surface area (TPSA) is 59.0 Å². The van der Waals surface area contributed by atoms with Crippen LogP contribution in [-0.2, 0) is 11.3 Å². The molecule has 1 aliphatic rings. The third kappa shape index (κ3) is 3.42. The molecule has 5 heteroatoms. The molecule has 128 valence electrons. The minimum Gasteiger partial charge on any atom is -0.351 e. The first kappa shape index (κ1) is 15.8. The quantitative estimate of drug-likeness (QED) is 0.771. The van der Waals surface area contributed by atoms with Gasteiger partial charge in [-0.15, -0.1) is 0 Å². The molecule has 25 heavy (non-hydrogen) atoms. The zero-order valence-corrected chi connectivity index (χ0v) is 14.1. The number of piperidine rings is 1. The highest BCUT2D eigenvalue weighted by molar-refractivity contribution is 5.81. The van der Waals surface area contributed by atoms with Crippen LogP contribution in [0.25, 0.3) is 16.7 Å². The number of aromatic nitrogens is 2. The average Bonchev–Trinajstić information content (AvgIpc) is 3.11. The average molecular weight is 334 g/mol. The Morgan fingerprint density at radius 3 is 2.80 bits per heavy atom. The summed E-state index contributed by atoms with van der Waals surface area (Å²) in [6.45, 7) is 1.49. The van der Waals surface area contributed by atoms with Crippen molar-refractivity contribution < 1.29 is 4.79 Å². The van der Waals surface area contributed by atoms with Crippen LogP contribution in [0.4, 0.5) is 0 Å². The molecule has 4 rings (SSSR count). The number of para-hydroxylation sites is 2. The van der Waals surface area contributed by atoms with Crippen molar-refractivity contribution in [1.29, 1.82) is 0 Å². The van der Waals surface area contributed by atoms with E-state index in [0.717, 1.165) is 48.1 Å². The summed E-state index contributed by atoms with van der Waals surface area (Å²) in [6, 6.07) is 16.3. The first-order valence-corrected chi connectivity index (χ1v) is 8.84. The van der Waals surface area contributed by atoms with Gasteiger partial charge in [0.25, 0.3) is 0 Å². The molecule has 1 fully saturated rings. The monoisotopic (exact) mass is 334 g/mol. The minimum atomic E-state index is -0.0367. The van der Waals surface area contributed by atoms with Gasteiger partial charge in [-0.3, -0.25) is 9.36 Å². The maximum Gasteiger partial charge on any atom is 0.237 e. The molecule has 1 atom stereocenters. The van der Waals surface area contributed by atoms with Gasteiger partial charge >= 0.3 is 0 Å². The molecule has 0 spiro atoms. The molecule has 5 nitrogen and oxygen atoms in total. The number of carbonyl (C=O) groups is 1. The molecule has 0 aliphatic carbocycles. The fourth-order valence-electron chi connectivity index (χ4n) is 3.33. The van der Waals surface area contributed by atoms with E-state index in [1.54, 1.807) is 0 Å². The van der Waals surface area contributed by atoms with Crippen LogP contribution in [-0.4, -0.2) is 28.0 Å². The van der Waals surface area contributed by atoms with Gasteiger partial charge in [-0.05, 0) is 49.2 Å². The zero-order valence-electron chi connectivity index (χ0n) is 14.1. The molecule has 2 N–H and O–H groups in total. The molecule has 0 radical (unpaired) electrons. The lowest BCUT2D eigenvalue weighted by atomic mass is 10.0. The summed E-state index contributed by atoms with van der Waals surface area (Å²) in [5.41, 5.74) is 4.24. The Morgan fingerprint density at radius 1 is 1.16 bits per heavy atom. The van der Waals surface area contributed by atoms with E-state index in [1.807, 2.05) is 24.5 Å². The Kier molecular flexibility index (Phi) is 4.48. The highest BCUT2D eigenvalue weighted by atomic mass is 16.2. The van der Waals surface area contributed by atoms with Gasteiger partial charge in [-0.25, -0.2) is 4.98 Å². The van der Waals surface area contributed by atoms with Gasteiger partial charge in [0.05, 0.1) is 17.1 Å². The number of fused-ring (bicyclic) bond motifs is 1. The van der Waals surface area contributed by atoms with Gasteiger partial charge in [-0.1, -0.05) is 30.7 Å². The Morgan fingerprint density at radius 2 is 2.00 bits per heavy atom. The third-order valence-electron chi connectivity index (χ3n) is 4.76. The lowest BCUT2D eigenvalue weighted by molar-refractivity contribution is -0.123. The second-order valence-electron chi connectivity index (χ2n) is 6.49. The molecule has 1 aliphatic heterocycles. The summed E-state index contributed by atoms with van der Waals surface area (Å²) >= 11 is 0. The van der Waals surface area contributed by atoms with E-state index < -0.39 is 0 Å². The smallest absolute Gasteiger partial charge is 0.237 e. The maximum absolute atomic E-state index is 12.2. The SMILES string of the molecule is O=C(NCc1ccc(-n2cnc3ccccc32)cc1)C1CCCCN1. The fourth-order valence-corrected chi connectivity index (χ4v) is 3.33. The number of nitrogens with zero attached hydrogens (tertiary/aromatic N) is 2. The molecular weight excluding hydrogens is 312 g/mol. The van der Waals surface area contributed by atoms with E-state index in [9.17, 15) is 4.79 Å². The van der Waals surface area contributed by atoms with Crippen molar-refractivity contribution in [3.8, 4) is 5.69 Å². The van der Waals surface area contributed by atoms with Crippen molar-refractivity contribution in [2.75, 3.05) is 6.54 Å². The number of imidazole rings is 1. The number of hydrogen-bond acceptors (Lipinski definition) is 3. The summed E-state index contributed by atoms with van der Waals surface area (Å²) in [5, 5.41) is 6.31. The second kappa shape index (κ2) is 7.07. The van der Waals surface area contributed by atoms with E-state index >= 15 is 0 Å². The van der Waals surface area contributed by atoms with Gasteiger partial charge in [0.1, 0.15) is 6.33 Å². The predicted octanol–water partition coefficient (Wildman–Crippen LogP) is 2.78. The first-order valence-electron chi connectivity index (χ1n) is 8.84. The standard InChI is InChI=1S/C20H22N4O/c25-20(18-6-3-4-12-21-18)22-13-15-8-10-16(11-9-15)24-14-23-17-5-1-2-7-19(17)24/h1-2,5,7-11,14,18,21H,3-4,6,12-13H2,(H,22,25). The van der Waals surface area contributed by atoms with E-state index in [1.165, 1.54) is 0 Å². The maximum atomic E-state index is 12.2.